The number of carbonyl (C=O) groups is 1. The number of fused-ring (bicyclic) bond motifs is 2. The maximum Gasteiger partial charge on any atom is 0.310 e. The summed E-state index contributed by atoms with van der Waals surface area (Å²) in [5.74, 6) is -0.194. The topological polar surface area (TPSA) is 67.8 Å². The van der Waals surface area contributed by atoms with E-state index >= 15 is 0 Å². The largest absolute Gasteiger partial charge is 0.462 e. The fraction of sp³-hybridized carbons (Fsp3) is 0.875. The summed E-state index contributed by atoms with van der Waals surface area (Å²) < 4.78 is 11.7. The number of hydrogen-bond acceptors (Lipinski definition) is 5. The van der Waals surface area contributed by atoms with E-state index < -0.39 is 11.2 Å². The predicted molar refractivity (Wildman–Crippen MR) is 112 cm³/mol. The van der Waals surface area contributed by atoms with E-state index in [2.05, 4.69) is 18.3 Å². The van der Waals surface area contributed by atoms with E-state index in [0.29, 0.717) is 13.0 Å². The molecule has 0 aromatic carbocycles. The van der Waals surface area contributed by atoms with E-state index in [1.54, 1.807) is 12.7 Å². The van der Waals surface area contributed by atoms with Crippen LogP contribution < -0.4 is 5.32 Å². The van der Waals surface area contributed by atoms with Crippen LogP contribution in [0.1, 0.15) is 78.1 Å². The van der Waals surface area contributed by atoms with Crippen LogP contribution in [0.3, 0.4) is 0 Å². The summed E-state index contributed by atoms with van der Waals surface area (Å²) in [7, 11) is 1.71. The van der Waals surface area contributed by atoms with Crippen molar-refractivity contribution in [2.75, 3.05) is 20.2 Å². The predicted octanol–water partition coefficient (Wildman–Crippen LogP) is 3.74. The van der Waals surface area contributed by atoms with Gasteiger partial charge in [0.1, 0.15) is 6.10 Å². The van der Waals surface area contributed by atoms with Gasteiger partial charge in [-0.1, -0.05) is 18.6 Å². The first kappa shape index (κ1) is 21.3. The van der Waals surface area contributed by atoms with Crippen molar-refractivity contribution in [2.24, 2.45) is 17.3 Å². The maximum atomic E-state index is 12.7. The minimum Gasteiger partial charge on any atom is -0.462 e. The average Bonchev–Trinajstić information content (AvgIpc) is 2.99. The Bertz CT molecular complexity index is 663. The van der Waals surface area contributed by atoms with Gasteiger partial charge < -0.3 is 19.9 Å². The zero-order valence-electron chi connectivity index (χ0n) is 18.5. The molecule has 6 atom stereocenters. The minimum atomic E-state index is -0.923. The Kier molecular flexibility index (Phi) is 5.86. The summed E-state index contributed by atoms with van der Waals surface area (Å²) in [5.41, 5.74) is -0.209. The van der Waals surface area contributed by atoms with Crippen molar-refractivity contribution >= 4 is 5.97 Å². The molecule has 0 spiro atoms. The Morgan fingerprint density at radius 2 is 2.07 bits per heavy atom. The molecule has 4 rings (SSSR count). The van der Waals surface area contributed by atoms with Gasteiger partial charge in [-0.05, 0) is 77.7 Å². The summed E-state index contributed by atoms with van der Waals surface area (Å²) in [6.07, 6.45) is 12.6. The van der Waals surface area contributed by atoms with Crippen molar-refractivity contribution in [1.29, 1.82) is 0 Å². The van der Waals surface area contributed by atoms with Crippen LogP contribution in [0.2, 0.25) is 0 Å². The summed E-state index contributed by atoms with van der Waals surface area (Å²) in [5, 5.41) is 15.5. The van der Waals surface area contributed by atoms with Gasteiger partial charge in [0.15, 0.2) is 0 Å². The summed E-state index contributed by atoms with van der Waals surface area (Å²) in [4.78, 5) is 12.7. The Balaban J connectivity index is 1.42. The minimum absolute atomic E-state index is 0.0644. The highest BCUT2D eigenvalue weighted by molar-refractivity contribution is 5.75. The van der Waals surface area contributed by atoms with Crippen molar-refractivity contribution in [3.05, 3.63) is 11.6 Å². The summed E-state index contributed by atoms with van der Waals surface area (Å²) in [6, 6.07) is 0. The number of carbonyl (C=O) groups excluding carboxylic acids is 1. The normalized spacial score (nSPS) is 44.6. The van der Waals surface area contributed by atoms with E-state index in [4.69, 9.17) is 9.47 Å². The molecule has 5 heteroatoms. The van der Waals surface area contributed by atoms with Gasteiger partial charge in [-0.15, -0.1) is 0 Å². The highest BCUT2D eigenvalue weighted by Gasteiger charge is 2.67. The van der Waals surface area contributed by atoms with Gasteiger partial charge in [-0.2, -0.15) is 0 Å². The second-order valence-corrected chi connectivity index (χ2v) is 10.4. The lowest BCUT2D eigenvalue weighted by atomic mass is 9.49. The zero-order valence-corrected chi connectivity index (χ0v) is 18.5. The molecule has 3 fully saturated rings. The summed E-state index contributed by atoms with van der Waals surface area (Å²) >= 11 is 0. The van der Waals surface area contributed by atoms with E-state index in [9.17, 15) is 9.90 Å². The van der Waals surface area contributed by atoms with E-state index in [0.717, 1.165) is 38.6 Å². The van der Waals surface area contributed by atoms with Crippen molar-refractivity contribution in [3.8, 4) is 0 Å². The molecule has 2 saturated carbocycles. The molecule has 0 aromatic rings. The van der Waals surface area contributed by atoms with E-state index in [-0.39, 0.29) is 29.3 Å². The number of rotatable bonds is 6. The Hall–Kier alpha value is -0.910. The molecule has 1 saturated heterocycles. The molecule has 5 nitrogen and oxygen atoms in total. The lowest BCUT2D eigenvalue weighted by Crippen LogP contribution is -2.69. The smallest absolute Gasteiger partial charge is 0.310 e. The van der Waals surface area contributed by atoms with Crippen molar-refractivity contribution in [3.63, 3.8) is 0 Å². The molecule has 0 bridgehead atoms. The number of methoxy groups -OCH3 is 1. The van der Waals surface area contributed by atoms with Crippen molar-refractivity contribution < 1.29 is 19.4 Å². The molecule has 0 aromatic heterocycles. The quantitative estimate of drug-likeness (QED) is 0.400. The number of aliphatic hydroxyl groups is 1. The average molecular weight is 406 g/mol. The van der Waals surface area contributed by atoms with Crippen LogP contribution in [0.5, 0.6) is 0 Å². The second-order valence-electron chi connectivity index (χ2n) is 10.4. The molecule has 0 amide bonds. The monoisotopic (exact) mass is 405 g/mol. The summed E-state index contributed by atoms with van der Waals surface area (Å²) in [6.45, 7) is 5.76. The van der Waals surface area contributed by atoms with E-state index in [1.807, 2.05) is 6.92 Å². The molecule has 0 radical (unpaired) electrons. The van der Waals surface area contributed by atoms with Gasteiger partial charge >= 0.3 is 5.97 Å². The van der Waals surface area contributed by atoms with Crippen LogP contribution in [0.15, 0.2) is 11.6 Å². The first-order chi connectivity index (χ1) is 13.8. The first-order valence-electron chi connectivity index (χ1n) is 11.7. The lowest BCUT2D eigenvalue weighted by Gasteiger charge is -2.62. The van der Waals surface area contributed by atoms with Crippen LogP contribution in [0.25, 0.3) is 0 Å². The lowest BCUT2D eigenvalue weighted by molar-refractivity contribution is -0.270. The molecule has 3 aliphatic carbocycles. The number of esters is 1. The number of hydrogen-bond donors (Lipinski definition) is 2. The number of allylic oxidation sites excluding steroid dienone is 1. The van der Waals surface area contributed by atoms with Gasteiger partial charge in [0, 0.05) is 25.0 Å². The van der Waals surface area contributed by atoms with E-state index in [1.165, 1.54) is 25.7 Å². The zero-order chi connectivity index (χ0) is 20.7. The number of nitrogens with one attached hydrogen (secondary N) is 1. The van der Waals surface area contributed by atoms with Crippen LogP contribution in [-0.2, 0) is 14.3 Å². The van der Waals surface area contributed by atoms with Crippen LogP contribution in [0, 0.1) is 17.3 Å². The van der Waals surface area contributed by atoms with Crippen LogP contribution >= 0.6 is 0 Å². The molecule has 1 aliphatic heterocycles. The highest BCUT2D eigenvalue weighted by Crippen LogP contribution is 2.61. The molecule has 1 heterocycles. The molecule has 0 unspecified atom stereocenters. The van der Waals surface area contributed by atoms with Crippen molar-refractivity contribution in [1.82, 2.24) is 5.32 Å². The highest BCUT2D eigenvalue weighted by atomic mass is 16.6. The SMILES string of the molecule is CO[C@]1(C)CCC[C@]2(C)C[C@H]3OC(=O)[C@H](CNCCC4=CCCCC4)[C@H]3C[C@@]21O. The Morgan fingerprint density at radius 3 is 2.79 bits per heavy atom. The Labute approximate surface area is 175 Å². The third kappa shape index (κ3) is 3.57. The third-order valence-electron chi connectivity index (χ3n) is 8.83. The van der Waals surface area contributed by atoms with Crippen molar-refractivity contribution in [2.45, 2.75) is 95.4 Å². The molecular weight excluding hydrogens is 366 g/mol. The maximum absolute atomic E-state index is 12.7. The fourth-order valence-electron chi connectivity index (χ4n) is 6.75. The third-order valence-corrected chi connectivity index (χ3v) is 8.83. The van der Waals surface area contributed by atoms with Gasteiger partial charge in [-0.25, -0.2) is 0 Å². The Morgan fingerprint density at radius 1 is 1.24 bits per heavy atom. The number of ether oxygens (including phenoxy) is 2. The molecule has 4 aliphatic rings. The molecule has 2 N–H and O–H groups in total. The second kappa shape index (κ2) is 7.97. The van der Waals surface area contributed by atoms with Crippen LogP contribution in [-0.4, -0.2) is 48.6 Å². The van der Waals surface area contributed by atoms with Gasteiger partial charge in [0.25, 0.3) is 0 Å². The molecular formula is C24H39NO4. The molecule has 29 heavy (non-hydrogen) atoms. The molecule has 164 valence electrons. The van der Waals surface area contributed by atoms with Gasteiger partial charge in [0.05, 0.1) is 17.1 Å². The standard InChI is InChI=1S/C24H39NO4/c1-22-11-7-12-23(2,28-3)24(22,27)14-18-19(21(26)29-20(18)15-22)16-25-13-10-17-8-5-4-6-9-17/h8,18-20,25,27H,4-7,9-16H2,1-3H3/t18-,19-,20-,22-,23-,24-/m1/s1. The fourth-order valence-corrected chi connectivity index (χ4v) is 6.75. The van der Waals surface area contributed by atoms with Gasteiger partial charge in [0.2, 0.25) is 0 Å². The van der Waals surface area contributed by atoms with Crippen LogP contribution in [0.4, 0.5) is 0 Å². The van der Waals surface area contributed by atoms with Gasteiger partial charge in [-0.3, -0.25) is 4.79 Å². The first-order valence-corrected chi connectivity index (χ1v) is 11.7.